The Bertz CT molecular complexity index is 2510. The van der Waals surface area contributed by atoms with Crippen molar-refractivity contribution in [2.45, 2.75) is 138 Å². The third-order valence-electron chi connectivity index (χ3n) is 14.7. The molecule has 3 aliphatic heterocycles. The highest BCUT2D eigenvalue weighted by molar-refractivity contribution is 6.99. The molecule has 0 radical (unpaired) electrons. The third kappa shape index (κ3) is 10.6. The Hall–Kier alpha value is -5.14. The van der Waals surface area contributed by atoms with E-state index in [0.29, 0.717) is 12.8 Å². The zero-order chi connectivity index (χ0) is 51.2. The second-order valence-corrected chi connectivity index (χ2v) is 24.4. The predicted molar refractivity (Wildman–Crippen MR) is 272 cm³/mol. The van der Waals surface area contributed by atoms with Crippen molar-refractivity contribution in [3.63, 3.8) is 0 Å². The molecule has 12 atom stereocenters. The van der Waals surface area contributed by atoms with Crippen LogP contribution < -0.4 is 10.4 Å². The predicted octanol–water partition coefficient (Wildman–Crippen LogP) is 8.14. The summed E-state index contributed by atoms with van der Waals surface area (Å²) in [5, 5.41) is 1.84. The van der Waals surface area contributed by atoms with E-state index in [1.807, 2.05) is 66.7 Å². The van der Waals surface area contributed by atoms with Gasteiger partial charge in [-0.05, 0) is 65.0 Å². The fourth-order valence-electron chi connectivity index (χ4n) is 11.1. The lowest BCUT2D eigenvalue weighted by Gasteiger charge is -2.61. The van der Waals surface area contributed by atoms with E-state index in [1.54, 1.807) is 81.8 Å². The lowest BCUT2D eigenvalue weighted by Crippen LogP contribution is -2.76. The molecule has 3 heterocycles. The first-order chi connectivity index (χ1) is 35.4. The van der Waals surface area contributed by atoms with Crippen LogP contribution >= 0.6 is 0 Å². The van der Waals surface area contributed by atoms with Crippen molar-refractivity contribution in [2.75, 3.05) is 27.9 Å². The van der Waals surface area contributed by atoms with Crippen LogP contribution in [-0.2, 0) is 63.1 Å². The average molecular weight is 1020 g/mol. The Morgan fingerprint density at radius 3 is 1.56 bits per heavy atom. The van der Waals surface area contributed by atoms with Gasteiger partial charge in [0.2, 0.25) is 11.6 Å². The minimum Gasteiger partial charge on any atom is -0.452 e. The molecule has 0 aromatic heterocycles. The fourth-order valence-corrected chi connectivity index (χ4v) is 15.6. The molecule has 0 bridgehead atoms. The second kappa shape index (κ2) is 22.8. The van der Waals surface area contributed by atoms with Crippen LogP contribution in [0.1, 0.15) is 79.7 Å². The highest BCUT2D eigenvalue weighted by Gasteiger charge is 2.68. The summed E-state index contributed by atoms with van der Waals surface area (Å²) in [7, 11) is 1.58. The van der Waals surface area contributed by atoms with Crippen molar-refractivity contribution >= 4 is 30.6 Å². The van der Waals surface area contributed by atoms with Gasteiger partial charge in [-0.3, -0.25) is 0 Å². The molecule has 3 saturated heterocycles. The zero-order valence-corrected chi connectivity index (χ0v) is 43.7. The molecule has 14 nitrogen and oxygen atoms in total. The number of esters is 2. The first kappa shape index (κ1) is 52.7. The molecule has 0 spiro atoms. The van der Waals surface area contributed by atoms with Crippen LogP contribution in [0, 0.1) is 0 Å². The molecule has 0 amide bonds. The van der Waals surface area contributed by atoms with Gasteiger partial charge in [-0.15, -0.1) is 0 Å². The number of hydrogen-bond acceptors (Lipinski definition) is 14. The normalized spacial score (nSPS) is 30.3. The summed E-state index contributed by atoms with van der Waals surface area (Å²) in [6, 6.07) is 47.5. The van der Waals surface area contributed by atoms with E-state index < -0.39 is 93.2 Å². The maximum absolute atomic E-state index is 14.3. The number of benzene rings is 5. The van der Waals surface area contributed by atoms with E-state index in [2.05, 4.69) is 45.0 Å². The standard InChI is InChI=1S/C58H68O14Si/c1-39-46(64-37-40-25-13-8-14-26-40)48(68-52(59)41-27-15-9-16-28-41)50(69-53(60)42-29-17-10-18-30-42)55(66-39)70-51-49-47(71-57(62-6)35-23-24-36-58(57,63-7)72-49)45(67-54(51)61-5)38-65-73(56(2,3)4,43-31-19-11-20-32-43)44-33-21-12-22-34-44/h8-22,25-34,39,45-51,54-55H,23-24,35-38H2,1-7H3/t39-,45+,46-,47+,48+,49-,50+,51-,54-,55-,57-,58-/m0/s1. The minimum atomic E-state index is -3.13. The summed E-state index contributed by atoms with van der Waals surface area (Å²) < 4.78 is 81.5. The van der Waals surface area contributed by atoms with Crippen molar-refractivity contribution in [1.82, 2.24) is 0 Å². The largest absolute Gasteiger partial charge is 0.452 e. The van der Waals surface area contributed by atoms with Crippen molar-refractivity contribution in [1.29, 1.82) is 0 Å². The quantitative estimate of drug-likeness (QED) is 0.0653. The summed E-state index contributed by atoms with van der Waals surface area (Å²) in [5.41, 5.74) is 1.42. The average Bonchev–Trinajstić information content (AvgIpc) is 3.42. The maximum Gasteiger partial charge on any atom is 0.338 e. The topological polar surface area (TPSA) is 145 Å². The van der Waals surface area contributed by atoms with Crippen LogP contribution in [-0.4, -0.2) is 121 Å². The van der Waals surface area contributed by atoms with Crippen LogP contribution in [0.4, 0.5) is 0 Å². The Balaban J connectivity index is 1.11. The number of carbonyl (C=O) groups is 2. The van der Waals surface area contributed by atoms with Gasteiger partial charge in [0.25, 0.3) is 8.32 Å². The number of fused-ring (bicyclic) bond motifs is 2. The van der Waals surface area contributed by atoms with E-state index in [-0.39, 0.29) is 29.4 Å². The zero-order valence-electron chi connectivity index (χ0n) is 42.7. The van der Waals surface area contributed by atoms with Gasteiger partial charge >= 0.3 is 11.9 Å². The molecular weight excluding hydrogens is 949 g/mol. The van der Waals surface area contributed by atoms with Crippen molar-refractivity contribution < 1.29 is 66.1 Å². The third-order valence-corrected chi connectivity index (χ3v) is 19.7. The van der Waals surface area contributed by atoms with E-state index in [4.69, 9.17) is 56.5 Å². The van der Waals surface area contributed by atoms with Gasteiger partial charge in [0.15, 0.2) is 24.8 Å². The van der Waals surface area contributed by atoms with Crippen LogP contribution in [0.2, 0.25) is 5.04 Å². The van der Waals surface area contributed by atoms with Crippen LogP contribution in [0.25, 0.3) is 0 Å². The van der Waals surface area contributed by atoms with Gasteiger partial charge in [0.1, 0.15) is 30.5 Å². The van der Waals surface area contributed by atoms with Crippen molar-refractivity contribution in [3.8, 4) is 0 Å². The van der Waals surface area contributed by atoms with Gasteiger partial charge in [-0.25, -0.2) is 9.59 Å². The van der Waals surface area contributed by atoms with Crippen LogP contribution in [0.3, 0.4) is 0 Å². The van der Waals surface area contributed by atoms with Gasteiger partial charge < -0.3 is 56.5 Å². The molecule has 1 aliphatic carbocycles. The van der Waals surface area contributed by atoms with Crippen LogP contribution in [0.5, 0.6) is 0 Å². The maximum atomic E-state index is 14.3. The Morgan fingerprint density at radius 2 is 1.07 bits per heavy atom. The van der Waals surface area contributed by atoms with E-state index in [1.165, 1.54) is 7.11 Å². The molecule has 15 heteroatoms. The van der Waals surface area contributed by atoms with E-state index in [9.17, 15) is 9.59 Å². The summed E-state index contributed by atoms with van der Waals surface area (Å²) in [5.74, 6) is -4.09. The summed E-state index contributed by atoms with van der Waals surface area (Å²) >= 11 is 0. The Morgan fingerprint density at radius 1 is 0.589 bits per heavy atom. The number of carbonyl (C=O) groups excluding carboxylic acids is 2. The van der Waals surface area contributed by atoms with Gasteiger partial charge in [-0.1, -0.05) is 148 Å². The monoisotopic (exact) mass is 1020 g/mol. The van der Waals surface area contributed by atoms with E-state index in [0.717, 1.165) is 28.8 Å². The van der Waals surface area contributed by atoms with Crippen molar-refractivity contribution in [3.05, 3.63) is 168 Å². The lowest BCUT2D eigenvalue weighted by atomic mass is 9.83. The molecule has 0 unspecified atom stereocenters. The van der Waals surface area contributed by atoms with Gasteiger partial charge in [0.05, 0.1) is 30.4 Å². The molecule has 1 saturated carbocycles. The molecule has 388 valence electrons. The highest BCUT2D eigenvalue weighted by Crippen LogP contribution is 2.52. The molecule has 0 N–H and O–H groups in total. The molecule has 4 fully saturated rings. The van der Waals surface area contributed by atoms with Crippen LogP contribution in [0.15, 0.2) is 152 Å². The lowest BCUT2D eigenvalue weighted by molar-refractivity contribution is -0.501. The molecule has 5 aromatic rings. The highest BCUT2D eigenvalue weighted by atomic mass is 28.4. The number of rotatable bonds is 17. The summed E-state index contributed by atoms with van der Waals surface area (Å²) in [6.45, 7) is 8.65. The number of ether oxygens (including phenoxy) is 11. The number of methoxy groups -OCH3 is 3. The van der Waals surface area contributed by atoms with E-state index >= 15 is 0 Å². The summed E-state index contributed by atoms with van der Waals surface area (Å²) in [6.07, 6.45) is -8.37. The molecule has 4 aliphatic rings. The first-order valence-electron chi connectivity index (χ1n) is 25.2. The summed E-state index contributed by atoms with van der Waals surface area (Å²) in [4.78, 5) is 28.5. The molecule has 9 rings (SSSR count). The fraction of sp³-hybridized carbons (Fsp3) is 0.448. The molecule has 5 aromatic carbocycles. The Kier molecular flexibility index (Phi) is 16.4. The molecule has 73 heavy (non-hydrogen) atoms. The van der Waals surface area contributed by atoms with Gasteiger partial charge in [0, 0.05) is 34.2 Å². The van der Waals surface area contributed by atoms with Gasteiger partial charge in [-0.2, -0.15) is 0 Å². The minimum absolute atomic E-state index is 0.0659. The molecular formula is C58H68O14Si. The smallest absolute Gasteiger partial charge is 0.338 e. The Labute approximate surface area is 429 Å². The SMILES string of the molecule is CO[C@H]1O[C@H](CO[Si](c2ccccc2)(c2ccccc2)C(C)(C)C)[C@H]2O[C@@]3(OC)CCCC[C@]3(OC)O[C@@H]2[C@@H]1O[C@@H]1O[C@@H](C)[C@H](OCc2ccccc2)[C@@H](OC(=O)c2ccccc2)[C@H]1OC(=O)c1ccccc1. The van der Waals surface area contributed by atoms with Crippen molar-refractivity contribution in [2.24, 2.45) is 0 Å². The first-order valence-corrected chi connectivity index (χ1v) is 27.1. The second-order valence-electron chi connectivity index (χ2n) is 20.1. The number of hydrogen-bond donors (Lipinski definition) is 0.